The molecule has 0 radical (unpaired) electrons. The highest BCUT2D eigenvalue weighted by Crippen LogP contribution is 2.28. The van der Waals surface area contributed by atoms with Gasteiger partial charge in [0, 0.05) is 41.9 Å². The first kappa shape index (κ1) is 17.3. The van der Waals surface area contributed by atoms with E-state index >= 15 is 0 Å². The molecule has 0 aliphatic heterocycles. The second-order valence-corrected chi connectivity index (χ2v) is 6.61. The van der Waals surface area contributed by atoms with E-state index in [1.54, 1.807) is 19.2 Å². The van der Waals surface area contributed by atoms with Crippen LogP contribution in [0.4, 0.5) is 8.78 Å². The van der Waals surface area contributed by atoms with E-state index in [0.717, 1.165) is 22.3 Å². The number of aromatic nitrogens is 5. The predicted octanol–water partition coefficient (Wildman–Crippen LogP) is 4.79. The van der Waals surface area contributed by atoms with Crippen LogP contribution in [0.3, 0.4) is 0 Å². The lowest BCUT2D eigenvalue weighted by Gasteiger charge is -2.15. The van der Waals surface area contributed by atoms with Crippen LogP contribution in [0.25, 0.3) is 28.1 Å². The van der Waals surface area contributed by atoms with Gasteiger partial charge in [-0.15, -0.1) is 0 Å². The summed E-state index contributed by atoms with van der Waals surface area (Å²) >= 11 is 0. The second-order valence-electron chi connectivity index (χ2n) is 6.61. The Hall–Kier alpha value is -3.09. The van der Waals surface area contributed by atoms with E-state index in [1.165, 1.54) is 6.33 Å². The smallest absolute Gasteiger partial charge is 0.252 e. The maximum absolute atomic E-state index is 13.9. The minimum absolute atomic E-state index is 0.111. The standard InChI is InChI=1S/C20H19F2N5/c1-2-7-20(21,22)11-14-9-16-6-8-27(19(16)23-12-14)17-5-3-4-15(10-17)18-24-13-25-26-18/h3-6,8-10,12-13H,2,7,11H2,1H3,(H,24,25,26). The Labute approximate surface area is 155 Å². The van der Waals surface area contributed by atoms with Gasteiger partial charge in [-0.1, -0.05) is 25.5 Å². The topological polar surface area (TPSA) is 59.4 Å². The van der Waals surface area contributed by atoms with Crippen LogP contribution in [0.5, 0.6) is 0 Å². The number of benzene rings is 1. The van der Waals surface area contributed by atoms with Gasteiger partial charge >= 0.3 is 0 Å². The Morgan fingerprint density at radius 1 is 1.15 bits per heavy atom. The van der Waals surface area contributed by atoms with E-state index in [-0.39, 0.29) is 12.8 Å². The highest BCUT2D eigenvalue weighted by atomic mass is 19.3. The summed E-state index contributed by atoms with van der Waals surface area (Å²) < 4.78 is 29.8. The van der Waals surface area contributed by atoms with Gasteiger partial charge in [0.1, 0.15) is 12.0 Å². The summed E-state index contributed by atoms with van der Waals surface area (Å²) in [6.07, 6.45) is 4.97. The van der Waals surface area contributed by atoms with Crippen molar-refractivity contribution in [2.24, 2.45) is 0 Å². The predicted molar refractivity (Wildman–Crippen MR) is 100 cm³/mol. The zero-order chi connectivity index (χ0) is 18.9. The van der Waals surface area contributed by atoms with Gasteiger partial charge in [0.2, 0.25) is 0 Å². The third-order valence-corrected chi connectivity index (χ3v) is 4.47. The average Bonchev–Trinajstić information content (AvgIpc) is 3.31. The van der Waals surface area contributed by atoms with Gasteiger partial charge in [0.15, 0.2) is 5.82 Å². The lowest BCUT2D eigenvalue weighted by atomic mass is 10.0. The largest absolute Gasteiger partial charge is 0.301 e. The molecular formula is C20H19F2N5. The number of nitrogens with one attached hydrogen (secondary N) is 1. The van der Waals surface area contributed by atoms with E-state index in [2.05, 4.69) is 20.2 Å². The van der Waals surface area contributed by atoms with Crippen molar-refractivity contribution in [3.8, 4) is 17.1 Å². The van der Waals surface area contributed by atoms with E-state index < -0.39 is 5.92 Å². The van der Waals surface area contributed by atoms with Gasteiger partial charge in [0.05, 0.1) is 0 Å². The van der Waals surface area contributed by atoms with Crippen LogP contribution >= 0.6 is 0 Å². The highest BCUT2D eigenvalue weighted by Gasteiger charge is 2.28. The molecule has 1 aromatic carbocycles. The Morgan fingerprint density at radius 2 is 2.04 bits per heavy atom. The van der Waals surface area contributed by atoms with Crippen LogP contribution in [0.1, 0.15) is 25.3 Å². The summed E-state index contributed by atoms with van der Waals surface area (Å²) in [6, 6.07) is 11.5. The van der Waals surface area contributed by atoms with Crippen LogP contribution in [0.15, 0.2) is 55.1 Å². The lowest BCUT2D eigenvalue weighted by Crippen LogP contribution is -2.19. The van der Waals surface area contributed by atoms with Gasteiger partial charge < -0.3 is 4.57 Å². The molecule has 3 aromatic heterocycles. The van der Waals surface area contributed by atoms with Gasteiger partial charge in [0.25, 0.3) is 5.92 Å². The number of H-pyrrole nitrogens is 1. The number of pyridine rings is 1. The minimum Gasteiger partial charge on any atom is -0.301 e. The van der Waals surface area contributed by atoms with Crippen molar-refractivity contribution in [3.63, 3.8) is 0 Å². The number of nitrogens with zero attached hydrogens (tertiary/aromatic N) is 4. The molecule has 0 saturated heterocycles. The van der Waals surface area contributed by atoms with E-state index in [1.807, 2.05) is 41.1 Å². The second kappa shape index (κ2) is 6.90. The van der Waals surface area contributed by atoms with Crippen LogP contribution in [-0.2, 0) is 6.42 Å². The first-order valence-electron chi connectivity index (χ1n) is 8.86. The summed E-state index contributed by atoms with van der Waals surface area (Å²) in [5, 5.41) is 7.56. The van der Waals surface area contributed by atoms with Crippen molar-refractivity contribution in [2.45, 2.75) is 32.1 Å². The molecule has 0 aliphatic rings. The first-order valence-corrected chi connectivity index (χ1v) is 8.86. The molecular weight excluding hydrogens is 348 g/mol. The molecule has 27 heavy (non-hydrogen) atoms. The van der Waals surface area contributed by atoms with Crippen molar-refractivity contribution in [2.75, 3.05) is 0 Å². The number of alkyl halides is 2. The quantitative estimate of drug-likeness (QED) is 0.533. The Balaban J connectivity index is 1.67. The molecule has 0 atom stereocenters. The molecule has 4 aromatic rings. The summed E-state index contributed by atoms with van der Waals surface area (Å²) in [5.74, 6) is -2.01. The van der Waals surface area contributed by atoms with E-state index in [4.69, 9.17) is 0 Å². The fourth-order valence-corrected chi connectivity index (χ4v) is 3.27. The molecule has 0 aliphatic carbocycles. The number of rotatable bonds is 6. The molecule has 138 valence electrons. The van der Waals surface area contributed by atoms with Gasteiger partial charge in [-0.25, -0.2) is 18.7 Å². The molecule has 0 spiro atoms. The minimum atomic E-state index is -2.70. The van der Waals surface area contributed by atoms with Crippen LogP contribution in [0.2, 0.25) is 0 Å². The van der Waals surface area contributed by atoms with Crippen molar-refractivity contribution < 1.29 is 8.78 Å². The number of fused-ring (bicyclic) bond motifs is 1. The summed E-state index contributed by atoms with van der Waals surface area (Å²) in [4.78, 5) is 8.62. The molecule has 3 heterocycles. The van der Waals surface area contributed by atoms with Crippen molar-refractivity contribution in [1.29, 1.82) is 0 Å². The maximum Gasteiger partial charge on any atom is 0.252 e. The number of halogens is 2. The van der Waals surface area contributed by atoms with Gasteiger partial charge in [-0.05, 0) is 29.8 Å². The fraction of sp³-hybridized carbons (Fsp3) is 0.250. The van der Waals surface area contributed by atoms with Crippen molar-refractivity contribution in [1.82, 2.24) is 24.7 Å². The zero-order valence-corrected chi connectivity index (χ0v) is 14.9. The number of hydrogen-bond acceptors (Lipinski definition) is 3. The third-order valence-electron chi connectivity index (χ3n) is 4.47. The van der Waals surface area contributed by atoms with Crippen LogP contribution in [0, 0.1) is 0 Å². The molecule has 0 unspecified atom stereocenters. The number of aromatic amines is 1. The summed E-state index contributed by atoms with van der Waals surface area (Å²) in [7, 11) is 0. The molecule has 0 bridgehead atoms. The van der Waals surface area contributed by atoms with Crippen LogP contribution < -0.4 is 0 Å². The molecule has 0 saturated carbocycles. The maximum atomic E-state index is 13.9. The SMILES string of the molecule is CCCC(F)(F)Cc1cnc2c(ccn2-c2cccc(-c3ncn[nH]3)c2)c1. The monoisotopic (exact) mass is 367 g/mol. The molecule has 4 rings (SSSR count). The van der Waals surface area contributed by atoms with E-state index in [0.29, 0.717) is 17.8 Å². The highest BCUT2D eigenvalue weighted by molar-refractivity contribution is 5.79. The molecule has 0 amide bonds. The van der Waals surface area contributed by atoms with Crippen LogP contribution in [-0.4, -0.2) is 30.7 Å². The normalized spacial score (nSPS) is 12.0. The van der Waals surface area contributed by atoms with Crippen molar-refractivity contribution in [3.05, 3.63) is 60.7 Å². The fourth-order valence-electron chi connectivity index (χ4n) is 3.27. The average molecular weight is 367 g/mol. The molecule has 0 fully saturated rings. The Morgan fingerprint density at radius 3 is 2.81 bits per heavy atom. The van der Waals surface area contributed by atoms with Gasteiger partial charge in [-0.3, -0.25) is 5.10 Å². The molecule has 5 nitrogen and oxygen atoms in total. The number of hydrogen-bond donors (Lipinski definition) is 1. The summed E-state index contributed by atoms with van der Waals surface area (Å²) in [6.45, 7) is 1.77. The molecule has 7 heteroatoms. The lowest BCUT2D eigenvalue weighted by molar-refractivity contribution is -0.00776. The Bertz CT molecular complexity index is 1050. The summed E-state index contributed by atoms with van der Waals surface area (Å²) in [5.41, 5.74) is 3.10. The third kappa shape index (κ3) is 3.58. The molecule has 1 N–H and O–H groups in total. The van der Waals surface area contributed by atoms with Gasteiger partial charge in [-0.2, -0.15) is 5.10 Å². The van der Waals surface area contributed by atoms with E-state index in [9.17, 15) is 8.78 Å². The zero-order valence-electron chi connectivity index (χ0n) is 14.9. The Kier molecular flexibility index (Phi) is 4.43. The first-order chi connectivity index (χ1) is 13.1. The van der Waals surface area contributed by atoms with Crippen molar-refractivity contribution >= 4 is 11.0 Å².